The molecule has 0 aliphatic carbocycles. The Balaban J connectivity index is 3.98. The molecule has 0 saturated heterocycles. The van der Waals surface area contributed by atoms with Gasteiger partial charge in [-0.25, -0.2) is 4.79 Å². The zero-order valence-electron chi connectivity index (χ0n) is 10.2. The summed E-state index contributed by atoms with van der Waals surface area (Å²) in [5, 5.41) is 14.4. The molecule has 0 unspecified atom stereocenters. The predicted octanol–water partition coefficient (Wildman–Crippen LogP) is 0.601. The largest absolute Gasteiger partial charge is 0.480 e. The summed E-state index contributed by atoms with van der Waals surface area (Å²) >= 11 is 0. The van der Waals surface area contributed by atoms with Crippen LogP contribution in [0, 0.1) is 5.92 Å². The lowest BCUT2D eigenvalue weighted by Crippen LogP contribution is -2.41. The first kappa shape index (κ1) is 14.9. The maximum atomic E-state index is 11.4. The highest BCUT2D eigenvalue weighted by molar-refractivity contribution is 5.83. The monoisotopic (exact) mass is 230 g/mol. The van der Waals surface area contributed by atoms with Crippen LogP contribution in [0.4, 0.5) is 0 Å². The number of rotatable bonds is 8. The van der Waals surface area contributed by atoms with Crippen molar-refractivity contribution >= 4 is 11.9 Å². The average molecular weight is 230 g/mol. The predicted molar refractivity (Wildman–Crippen MR) is 62.2 cm³/mol. The highest BCUT2D eigenvalue weighted by Gasteiger charge is 2.20. The Labute approximate surface area is 96.6 Å². The van der Waals surface area contributed by atoms with Gasteiger partial charge < -0.3 is 15.7 Å². The molecule has 0 aliphatic heterocycles. The fourth-order valence-electron chi connectivity index (χ4n) is 1.39. The van der Waals surface area contributed by atoms with E-state index in [1.54, 1.807) is 0 Å². The van der Waals surface area contributed by atoms with E-state index in [4.69, 9.17) is 5.11 Å². The normalized spacial score (nSPS) is 12.5. The van der Waals surface area contributed by atoms with Gasteiger partial charge in [-0.3, -0.25) is 4.79 Å². The molecule has 3 N–H and O–H groups in total. The Morgan fingerprint density at radius 1 is 1.31 bits per heavy atom. The minimum Gasteiger partial charge on any atom is -0.480 e. The molecule has 0 rings (SSSR count). The van der Waals surface area contributed by atoms with Crippen LogP contribution in [-0.4, -0.2) is 36.6 Å². The van der Waals surface area contributed by atoms with Crippen LogP contribution in [0.15, 0.2) is 0 Å². The first-order valence-electron chi connectivity index (χ1n) is 5.64. The van der Waals surface area contributed by atoms with Crippen LogP contribution in [0.25, 0.3) is 0 Å². The number of hydrogen-bond acceptors (Lipinski definition) is 3. The van der Waals surface area contributed by atoms with Crippen LogP contribution in [0.1, 0.15) is 33.1 Å². The molecule has 0 aliphatic rings. The second kappa shape index (κ2) is 8.10. The minimum atomic E-state index is -0.962. The maximum Gasteiger partial charge on any atom is 0.326 e. The summed E-state index contributed by atoms with van der Waals surface area (Å²) in [5.41, 5.74) is 0. The van der Waals surface area contributed by atoms with Gasteiger partial charge >= 0.3 is 5.97 Å². The molecule has 0 aromatic heterocycles. The molecule has 0 bridgehead atoms. The van der Waals surface area contributed by atoms with E-state index in [-0.39, 0.29) is 11.8 Å². The van der Waals surface area contributed by atoms with Crippen molar-refractivity contribution in [2.24, 2.45) is 5.92 Å². The molecule has 0 fully saturated rings. The lowest BCUT2D eigenvalue weighted by atomic mass is 10.0. The van der Waals surface area contributed by atoms with Crippen LogP contribution < -0.4 is 10.6 Å². The van der Waals surface area contributed by atoms with E-state index in [2.05, 4.69) is 10.6 Å². The fourth-order valence-corrected chi connectivity index (χ4v) is 1.39. The zero-order valence-corrected chi connectivity index (χ0v) is 10.2. The second-order valence-corrected chi connectivity index (χ2v) is 4.29. The average Bonchev–Trinajstić information content (AvgIpc) is 2.16. The van der Waals surface area contributed by atoms with Gasteiger partial charge in [0.2, 0.25) is 5.91 Å². The number of carbonyl (C=O) groups excluding carboxylic acids is 1. The molecule has 0 radical (unpaired) electrons. The molecule has 0 spiro atoms. The minimum absolute atomic E-state index is 0.191. The van der Waals surface area contributed by atoms with Gasteiger partial charge in [0.15, 0.2) is 0 Å². The molecule has 0 saturated carbocycles. The van der Waals surface area contributed by atoms with Gasteiger partial charge in [0.05, 0.1) is 0 Å². The molecule has 94 valence electrons. The van der Waals surface area contributed by atoms with Gasteiger partial charge in [-0.2, -0.15) is 0 Å². The van der Waals surface area contributed by atoms with E-state index in [0.29, 0.717) is 12.8 Å². The molecule has 5 nitrogen and oxygen atoms in total. The Hall–Kier alpha value is -1.10. The molecule has 1 amide bonds. The van der Waals surface area contributed by atoms with E-state index in [0.717, 1.165) is 13.0 Å². The SMILES string of the molecule is CNCCCC(=O)N[C@H](CC(C)C)C(=O)O. The first-order valence-corrected chi connectivity index (χ1v) is 5.64. The molecule has 5 heteroatoms. The van der Waals surface area contributed by atoms with Crippen molar-refractivity contribution in [1.82, 2.24) is 10.6 Å². The first-order chi connectivity index (χ1) is 7.47. The third kappa shape index (κ3) is 7.23. The third-order valence-corrected chi connectivity index (χ3v) is 2.17. The molecule has 0 aromatic rings. The molecule has 1 atom stereocenters. The smallest absolute Gasteiger partial charge is 0.326 e. The summed E-state index contributed by atoms with van der Waals surface area (Å²) in [6.07, 6.45) is 1.55. The molecule has 0 aromatic carbocycles. The summed E-state index contributed by atoms with van der Waals surface area (Å²) in [4.78, 5) is 22.3. The summed E-state index contributed by atoms with van der Waals surface area (Å²) in [5.74, 6) is -0.905. The van der Waals surface area contributed by atoms with Gasteiger partial charge in [0.1, 0.15) is 6.04 Å². The van der Waals surface area contributed by atoms with Crippen LogP contribution in [0.5, 0.6) is 0 Å². The summed E-state index contributed by atoms with van der Waals surface area (Å²) in [7, 11) is 1.82. The van der Waals surface area contributed by atoms with E-state index < -0.39 is 12.0 Å². The summed E-state index contributed by atoms with van der Waals surface area (Å²) in [6, 6.07) is -0.762. The van der Waals surface area contributed by atoms with Gasteiger partial charge in [-0.1, -0.05) is 13.8 Å². The summed E-state index contributed by atoms with van der Waals surface area (Å²) < 4.78 is 0. The van der Waals surface area contributed by atoms with Crippen LogP contribution in [0.2, 0.25) is 0 Å². The second-order valence-electron chi connectivity index (χ2n) is 4.29. The summed E-state index contributed by atoms with van der Waals surface area (Å²) in [6.45, 7) is 4.63. The highest BCUT2D eigenvalue weighted by atomic mass is 16.4. The van der Waals surface area contributed by atoms with Gasteiger partial charge in [0.25, 0.3) is 0 Å². The molecule has 16 heavy (non-hydrogen) atoms. The van der Waals surface area contributed by atoms with E-state index in [9.17, 15) is 9.59 Å². The molecular formula is C11H22N2O3. The van der Waals surface area contributed by atoms with Gasteiger partial charge in [-0.05, 0) is 32.4 Å². The van der Waals surface area contributed by atoms with Crippen molar-refractivity contribution in [3.8, 4) is 0 Å². The lowest BCUT2D eigenvalue weighted by molar-refractivity contribution is -0.142. The molecular weight excluding hydrogens is 208 g/mol. The van der Waals surface area contributed by atoms with Crippen molar-refractivity contribution in [2.75, 3.05) is 13.6 Å². The Bertz CT molecular complexity index is 229. The van der Waals surface area contributed by atoms with Crippen LogP contribution >= 0.6 is 0 Å². The molecule has 0 heterocycles. The van der Waals surface area contributed by atoms with Crippen LogP contribution in [-0.2, 0) is 9.59 Å². The van der Waals surface area contributed by atoms with E-state index in [1.807, 2.05) is 20.9 Å². The Kier molecular flexibility index (Phi) is 7.54. The van der Waals surface area contributed by atoms with E-state index >= 15 is 0 Å². The van der Waals surface area contributed by atoms with Crippen molar-refractivity contribution in [2.45, 2.75) is 39.2 Å². The number of aliphatic carboxylic acids is 1. The highest BCUT2D eigenvalue weighted by Crippen LogP contribution is 2.05. The number of nitrogens with one attached hydrogen (secondary N) is 2. The van der Waals surface area contributed by atoms with Crippen molar-refractivity contribution in [1.29, 1.82) is 0 Å². The fraction of sp³-hybridized carbons (Fsp3) is 0.818. The number of carboxylic acids is 1. The van der Waals surface area contributed by atoms with Crippen molar-refractivity contribution in [3.63, 3.8) is 0 Å². The maximum absolute atomic E-state index is 11.4. The lowest BCUT2D eigenvalue weighted by Gasteiger charge is -2.16. The number of hydrogen-bond donors (Lipinski definition) is 3. The zero-order chi connectivity index (χ0) is 12.6. The quantitative estimate of drug-likeness (QED) is 0.534. The van der Waals surface area contributed by atoms with Gasteiger partial charge in [0, 0.05) is 6.42 Å². The standard InChI is InChI=1S/C11H22N2O3/c1-8(2)7-9(11(15)16)13-10(14)5-4-6-12-3/h8-9,12H,4-7H2,1-3H3,(H,13,14)(H,15,16)/t9-/m1/s1. The van der Waals surface area contributed by atoms with Crippen molar-refractivity contribution < 1.29 is 14.7 Å². The Morgan fingerprint density at radius 3 is 2.38 bits per heavy atom. The topological polar surface area (TPSA) is 78.4 Å². The Morgan fingerprint density at radius 2 is 1.94 bits per heavy atom. The van der Waals surface area contributed by atoms with Crippen molar-refractivity contribution in [3.05, 3.63) is 0 Å². The number of carboxylic acid groups (broad SMARTS) is 1. The number of amides is 1. The van der Waals surface area contributed by atoms with E-state index in [1.165, 1.54) is 0 Å². The third-order valence-electron chi connectivity index (χ3n) is 2.17. The van der Waals surface area contributed by atoms with Crippen LogP contribution in [0.3, 0.4) is 0 Å². The number of carbonyl (C=O) groups is 2. The van der Waals surface area contributed by atoms with Gasteiger partial charge in [-0.15, -0.1) is 0 Å².